The van der Waals surface area contributed by atoms with Crippen LogP contribution >= 0.6 is 11.8 Å². The highest BCUT2D eigenvalue weighted by atomic mass is 32.2. The molecule has 1 heterocycles. The van der Waals surface area contributed by atoms with E-state index in [-0.39, 0.29) is 11.7 Å². The maximum atomic E-state index is 12.6. The van der Waals surface area contributed by atoms with Gasteiger partial charge < -0.3 is 14.2 Å². The number of ether oxygens (including phenoxy) is 3. The van der Waals surface area contributed by atoms with E-state index in [1.807, 2.05) is 60.0 Å². The summed E-state index contributed by atoms with van der Waals surface area (Å²) in [6.45, 7) is 2.03. The van der Waals surface area contributed by atoms with Crippen LogP contribution in [0.1, 0.15) is 11.1 Å². The molecular formula is C27H27N5O4S. The molecule has 0 spiro atoms. The number of thioether (sulfide) groups is 1. The number of nitrogens with one attached hydrogen (secondary N) is 1. The SMILES string of the molecule is COc1ccc(-n2c(SCC(=O)NN=Cc3cc(OC)ccc3OC)nnc2-c2ccc(C)cc2)cc1. The van der Waals surface area contributed by atoms with E-state index in [1.54, 1.807) is 39.5 Å². The first-order valence-electron chi connectivity index (χ1n) is 11.4. The summed E-state index contributed by atoms with van der Waals surface area (Å²) in [7, 11) is 4.77. The zero-order chi connectivity index (χ0) is 26.2. The molecule has 0 bridgehead atoms. The molecule has 0 atom stereocenters. The Labute approximate surface area is 219 Å². The normalized spacial score (nSPS) is 10.9. The smallest absolute Gasteiger partial charge is 0.250 e. The number of hydrazone groups is 1. The van der Waals surface area contributed by atoms with Crippen LogP contribution in [0.15, 0.2) is 77.0 Å². The van der Waals surface area contributed by atoms with Crippen LogP contribution in [-0.2, 0) is 4.79 Å². The highest BCUT2D eigenvalue weighted by Gasteiger charge is 2.17. The van der Waals surface area contributed by atoms with Crippen LogP contribution in [0, 0.1) is 6.92 Å². The molecule has 4 aromatic rings. The van der Waals surface area contributed by atoms with Gasteiger partial charge in [0, 0.05) is 16.8 Å². The lowest BCUT2D eigenvalue weighted by Crippen LogP contribution is -2.20. The van der Waals surface area contributed by atoms with Gasteiger partial charge in [0.05, 0.1) is 33.3 Å². The standard InChI is InChI=1S/C27H27N5O4S/c1-18-5-7-19(8-6-18)26-30-31-27(32(26)21-9-11-22(34-2)12-10-21)37-17-25(33)29-28-16-20-15-23(35-3)13-14-24(20)36-4/h5-16H,17H2,1-4H3,(H,29,33). The molecular weight excluding hydrogens is 490 g/mol. The number of hydrogen-bond acceptors (Lipinski definition) is 8. The topological polar surface area (TPSA) is 99.9 Å². The Balaban J connectivity index is 1.51. The Hall–Kier alpha value is -4.31. The molecule has 0 saturated carbocycles. The predicted octanol–water partition coefficient (Wildman–Crippen LogP) is 4.51. The molecule has 0 saturated heterocycles. The second-order valence-electron chi connectivity index (χ2n) is 7.90. The quantitative estimate of drug-likeness (QED) is 0.188. The second-order valence-corrected chi connectivity index (χ2v) is 8.84. The van der Waals surface area contributed by atoms with Gasteiger partial charge in [-0.05, 0) is 49.4 Å². The number of carbonyl (C=O) groups excluding carboxylic acids is 1. The fourth-order valence-electron chi connectivity index (χ4n) is 3.49. The minimum atomic E-state index is -0.288. The first-order chi connectivity index (χ1) is 18.0. The third-order valence-electron chi connectivity index (χ3n) is 5.44. The molecule has 1 aromatic heterocycles. The Morgan fingerprint density at radius 1 is 0.946 bits per heavy atom. The van der Waals surface area contributed by atoms with Crippen LogP contribution in [0.3, 0.4) is 0 Å². The molecule has 3 aromatic carbocycles. The fourth-order valence-corrected chi connectivity index (χ4v) is 4.24. The molecule has 0 aliphatic heterocycles. The molecule has 0 aliphatic rings. The molecule has 1 N–H and O–H groups in total. The van der Waals surface area contributed by atoms with Crippen molar-refractivity contribution < 1.29 is 19.0 Å². The lowest BCUT2D eigenvalue weighted by molar-refractivity contribution is -0.118. The Bertz CT molecular complexity index is 1390. The van der Waals surface area contributed by atoms with Crippen LogP contribution in [0.2, 0.25) is 0 Å². The average Bonchev–Trinajstić information content (AvgIpc) is 3.36. The summed E-state index contributed by atoms with van der Waals surface area (Å²) in [5, 5.41) is 13.4. The van der Waals surface area contributed by atoms with Crippen LogP contribution in [-0.4, -0.2) is 54.0 Å². The molecule has 1 amide bonds. The van der Waals surface area contributed by atoms with Gasteiger partial charge in [-0.25, -0.2) is 5.43 Å². The minimum absolute atomic E-state index is 0.0920. The Morgan fingerprint density at radius 2 is 1.65 bits per heavy atom. The summed E-state index contributed by atoms with van der Waals surface area (Å²) in [5.74, 6) is 2.50. The van der Waals surface area contributed by atoms with Crippen molar-refractivity contribution >= 4 is 23.9 Å². The van der Waals surface area contributed by atoms with Crippen molar-refractivity contribution in [3.8, 4) is 34.3 Å². The van der Waals surface area contributed by atoms with Gasteiger partial charge >= 0.3 is 0 Å². The zero-order valence-electron chi connectivity index (χ0n) is 21.0. The summed E-state index contributed by atoms with van der Waals surface area (Å²) >= 11 is 1.27. The lowest BCUT2D eigenvalue weighted by Gasteiger charge is -2.11. The van der Waals surface area contributed by atoms with Crippen molar-refractivity contribution in [2.45, 2.75) is 12.1 Å². The van der Waals surface area contributed by atoms with Crippen LogP contribution in [0.5, 0.6) is 17.2 Å². The molecule has 9 nitrogen and oxygen atoms in total. The molecule has 0 radical (unpaired) electrons. The maximum absolute atomic E-state index is 12.6. The van der Waals surface area contributed by atoms with E-state index >= 15 is 0 Å². The minimum Gasteiger partial charge on any atom is -0.497 e. The molecule has 4 rings (SSSR count). The summed E-state index contributed by atoms with van der Waals surface area (Å²) < 4.78 is 17.8. The number of aromatic nitrogens is 3. The largest absolute Gasteiger partial charge is 0.497 e. The van der Waals surface area contributed by atoms with E-state index in [0.29, 0.717) is 28.0 Å². The molecule has 190 valence electrons. The monoisotopic (exact) mass is 517 g/mol. The molecule has 0 fully saturated rings. The van der Waals surface area contributed by atoms with Gasteiger partial charge in [0.15, 0.2) is 11.0 Å². The third-order valence-corrected chi connectivity index (χ3v) is 6.36. The number of hydrogen-bond donors (Lipinski definition) is 1. The van der Waals surface area contributed by atoms with E-state index in [2.05, 4.69) is 20.7 Å². The lowest BCUT2D eigenvalue weighted by atomic mass is 10.1. The fraction of sp³-hybridized carbons (Fsp3) is 0.185. The van der Waals surface area contributed by atoms with Gasteiger partial charge in [-0.3, -0.25) is 9.36 Å². The van der Waals surface area contributed by atoms with Crippen molar-refractivity contribution in [1.82, 2.24) is 20.2 Å². The van der Waals surface area contributed by atoms with Crippen LogP contribution < -0.4 is 19.6 Å². The zero-order valence-corrected chi connectivity index (χ0v) is 21.8. The van der Waals surface area contributed by atoms with Crippen molar-refractivity contribution in [2.24, 2.45) is 5.10 Å². The summed E-state index contributed by atoms with van der Waals surface area (Å²) in [5.41, 5.74) is 6.15. The molecule has 10 heteroatoms. The number of aryl methyl sites for hydroxylation is 1. The highest BCUT2D eigenvalue weighted by Crippen LogP contribution is 2.29. The van der Waals surface area contributed by atoms with E-state index in [0.717, 1.165) is 22.6 Å². The Morgan fingerprint density at radius 3 is 2.32 bits per heavy atom. The van der Waals surface area contributed by atoms with Gasteiger partial charge in [0.2, 0.25) is 0 Å². The van der Waals surface area contributed by atoms with Gasteiger partial charge in [-0.2, -0.15) is 5.10 Å². The van der Waals surface area contributed by atoms with E-state index in [1.165, 1.54) is 18.0 Å². The molecule has 0 unspecified atom stereocenters. The number of rotatable bonds is 10. The van der Waals surface area contributed by atoms with E-state index in [4.69, 9.17) is 14.2 Å². The molecule has 37 heavy (non-hydrogen) atoms. The maximum Gasteiger partial charge on any atom is 0.250 e. The highest BCUT2D eigenvalue weighted by molar-refractivity contribution is 7.99. The van der Waals surface area contributed by atoms with Crippen molar-refractivity contribution in [2.75, 3.05) is 27.1 Å². The summed E-state index contributed by atoms with van der Waals surface area (Å²) in [6.07, 6.45) is 1.51. The number of carbonyl (C=O) groups is 1. The van der Waals surface area contributed by atoms with Crippen molar-refractivity contribution in [1.29, 1.82) is 0 Å². The first kappa shape index (κ1) is 25.8. The number of benzene rings is 3. The summed E-state index contributed by atoms with van der Waals surface area (Å²) in [6, 6.07) is 21.0. The number of methoxy groups -OCH3 is 3. The van der Waals surface area contributed by atoms with Gasteiger partial charge in [0.1, 0.15) is 17.2 Å². The van der Waals surface area contributed by atoms with Crippen molar-refractivity contribution in [3.05, 3.63) is 77.9 Å². The number of amides is 1. The van der Waals surface area contributed by atoms with Gasteiger partial charge in [0.25, 0.3) is 5.91 Å². The summed E-state index contributed by atoms with van der Waals surface area (Å²) in [4.78, 5) is 12.6. The van der Waals surface area contributed by atoms with Crippen LogP contribution in [0.4, 0.5) is 0 Å². The Kier molecular flexibility index (Phi) is 8.42. The van der Waals surface area contributed by atoms with E-state index in [9.17, 15) is 4.79 Å². The average molecular weight is 518 g/mol. The predicted molar refractivity (Wildman–Crippen MR) is 144 cm³/mol. The second kappa shape index (κ2) is 12.1. The third kappa shape index (κ3) is 6.28. The van der Waals surface area contributed by atoms with E-state index < -0.39 is 0 Å². The molecule has 0 aliphatic carbocycles. The van der Waals surface area contributed by atoms with Gasteiger partial charge in [-0.15, -0.1) is 10.2 Å². The van der Waals surface area contributed by atoms with Crippen molar-refractivity contribution in [3.63, 3.8) is 0 Å². The first-order valence-corrected chi connectivity index (χ1v) is 12.3. The van der Waals surface area contributed by atoms with Crippen LogP contribution in [0.25, 0.3) is 17.1 Å². The number of nitrogens with zero attached hydrogens (tertiary/aromatic N) is 4. The van der Waals surface area contributed by atoms with Gasteiger partial charge in [-0.1, -0.05) is 41.6 Å².